The first-order chi connectivity index (χ1) is 32.2. The second-order valence-electron chi connectivity index (χ2n) is 16.4. The topological polar surface area (TPSA) is 46.8 Å². The van der Waals surface area contributed by atoms with Crippen molar-refractivity contribution in [2.45, 2.75) is 10.3 Å². The summed E-state index contributed by atoms with van der Waals surface area (Å²) >= 11 is 1.90. The van der Waals surface area contributed by atoms with E-state index < -0.39 is 8.07 Å². The quantitative estimate of drug-likeness (QED) is 0.107. The van der Waals surface area contributed by atoms with Gasteiger partial charge in [-0.15, -0.1) is 0 Å². The number of aromatic nitrogens is 4. The lowest BCUT2D eigenvalue weighted by molar-refractivity contribution is 0.951. The molecule has 12 rings (SSSR count). The maximum atomic E-state index is 5.44. The van der Waals surface area contributed by atoms with Crippen molar-refractivity contribution in [3.8, 4) is 28.7 Å². The van der Waals surface area contributed by atoms with Gasteiger partial charge in [-0.1, -0.05) is 218 Å². The average Bonchev–Trinajstić information content (AvgIpc) is 3.94. The monoisotopic (exact) mass is 867 g/mol. The van der Waals surface area contributed by atoms with Gasteiger partial charge in [0.2, 0.25) is 5.95 Å². The standard InChI is InChI=1S/C58H41N5SSi/c1-6-21-41(22-7-1)55-59-56(43-25-20-32-48(39-43)65(45-26-10-3-11-27-45,46-28-12-4-13-29-46)47-30-14-5-15-31-47)61-58(60-55)63-51-34-17-16-33-49(51)50-40-44(37-38-52(50)63)62-53-35-18-19-36-54(53)64-57(62)42-23-8-2-9-24-42/h1-40,57H. The molecule has 2 aromatic heterocycles. The summed E-state index contributed by atoms with van der Waals surface area (Å²) < 4.78 is 2.22. The molecule has 3 heterocycles. The zero-order valence-electron chi connectivity index (χ0n) is 35.3. The van der Waals surface area contributed by atoms with Crippen LogP contribution >= 0.6 is 11.8 Å². The number of hydrogen-bond donors (Lipinski definition) is 0. The number of para-hydroxylation sites is 2. The molecule has 0 spiro atoms. The van der Waals surface area contributed by atoms with E-state index >= 15 is 0 Å². The van der Waals surface area contributed by atoms with Crippen LogP contribution in [0.3, 0.4) is 0 Å². The van der Waals surface area contributed by atoms with E-state index in [2.05, 4.69) is 234 Å². The fourth-order valence-electron chi connectivity index (χ4n) is 9.76. The number of benzene rings is 9. The van der Waals surface area contributed by atoms with Gasteiger partial charge in [0.25, 0.3) is 0 Å². The largest absolute Gasteiger partial charge is 0.323 e. The lowest BCUT2D eigenvalue weighted by atomic mass is 10.1. The minimum Gasteiger partial charge on any atom is -0.323 e. The van der Waals surface area contributed by atoms with E-state index in [1.54, 1.807) is 0 Å². The molecule has 11 aromatic rings. The SMILES string of the molecule is c1ccc(-c2nc(-c3cccc([Si](c4ccccc4)(c4ccccc4)c4ccccc4)c3)nc(-n3c4ccccc4c4cc(N5c6ccccc6SC5c5ccccc5)ccc43)n2)cc1. The molecule has 0 bridgehead atoms. The Hall–Kier alpha value is -7.84. The first-order valence-corrected chi connectivity index (χ1v) is 24.8. The van der Waals surface area contributed by atoms with Crippen molar-refractivity contribution < 1.29 is 0 Å². The van der Waals surface area contributed by atoms with Crippen molar-refractivity contribution in [3.05, 3.63) is 248 Å². The molecule has 1 unspecified atom stereocenters. The molecular formula is C58H41N5SSi. The maximum Gasteiger partial charge on any atom is 0.238 e. The van der Waals surface area contributed by atoms with E-state index in [4.69, 9.17) is 15.0 Å². The van der Waals surface area contributed by atoms with Gasteiger partial charge in [-0.3, -0.25) is 4.57 Å². The van der Waals surface area contributed by atoms with Crippen molar-refractivity contribution in [1.82, 2.24) is 19.5 Å². The maximum absolute atomic E-state index is 5.44. The van der Waals surface area contributed by atoms with E-state index in [-0.39, 0.29) is 5.37 Å². The number of fused-ring (bicyclic) bond motifs is 4. The number of anilines is 2. The van der Waals surface area contributed by atoms with Crippen molar-refractivity contribution in [3.63, 3.8) is 0 Å². The van der Waals surface area contributed by atoms with E-state index in [0.717, 1.165) is 38.6 Å². The van der Waals surface area contributed by atoms with E-state index in [9.17, 15) is 0 Å². The Morgan fingerprint density at radius 2 is 0.923 bits per heavy atom. The predicted octanol–water partition coefficient (Wildman–Crippen LogP) is 11.6. The molecule has 0 saturated carbocycles. The molecule has 0 radical (unpaired) electrons. The number of rotatable bonds is 9. The Kier molecular flexibility index (Phi) is 9.77. The van der Waals surface area contributed by atoms with Gasteiger partial charge in [0.1, 0.15) is 5.37 Å². The highest BCUT2D eigenvalue weighted by molar-refractivity contribution is 8.00. The molecule has 0 aliphatic carbocycles. The third-order valence-corrected chi connectivity index (χ3v) is 18.7. The molecule has 1 atom stereocenters. The Balaban J connectivity index is 1.06. The predicted molar refractivity (Wildman–Crippen MR) is 272 cm³/mol. The highest BCUT2D eigenvalue weighted by atomic mass is 32.2. The molecule has 308 valence electrons. The summed E-state index contributed by atoms with van der Waals surface area (Å²) in [6, 6.07) is 87.2. The van der Waals surface area contributed by atoms with Crippen LogP contribution in [0.5, 0.6) is 0 Å². The smallest absolute Gasteiger partial charge is 0.238 e. The van der Waals surface area contributed by atoms with E-state index in [1.165, 1.54) is 36.9 Å². The van der Waals surface area contributed by atoms with Gasteiger partial charge in [0.05, 0.1) is 16.7 Å². The van der Waals surface area contributed by atoms with Gasteiger partial charge in [0.15, 0.2) is 19.7 Å². The number of thioether (sulfide) groups is 1. The number of nitrogens with zero attached hydrogens (tertiary/aromatic N) is 5. The van der Waals surface area contributed by atoms with Crippen LogP contribution in [0, 0.1) is 0 Å². The van der Waals surface area contributed by atoms with Crippen LogP contribution in [0.25, 0.3) is 50.5 Å². The first kappa shape index (κ1) is 38.8. The first-order valence-electron chi connectivity index (χ1n) is 22.0. The van der Waals surface area contributed by atoms with Crippen molar-refractivity contribution in [2.75, 3.05) is 4.90 Å². The van der Waals surface area contributed by atoms with Gasteiger partial charge in [0, 0.05) is 32.5 Å². The second-order valence-corrected chi connectivity index (χ2v) is 21.3. The van der Waals surface area contributed by atoms with Crippen molar-refractivity contribution in [1.29, 1.82) is 0 Å². The molecule has 0 saturated heterocycles. The van der Waals surface area contributed by atoms with E-state index in [0.29, 0.717) is 17.6 Å². The fourth-order valence-corrected chi connectivity index (χ4v) is 15.9. The normalized spacial score (nSPS) is 13.6. The van der Waals surface area contributed by atoms with Gasteiger partial charge >= 0.3 is 0 Å². The molecule has 1 aliphatic rings. The average molecular weight is 868 g/mol. The molecule has 5 nitrogen and oxygen atoms in total. The molecule has 0 amide bonds. The van der Waals surface area contributed by atoms with Gasteiger partial charge in [-0.25, -0.2) is 4.98 Å². The summed E-state index contributed by atoms with van der Waals surface area (Å²) in [4.78, 5) is 19.8. The molecular weight excluding hydrogens is 827 g/mol. The Labute approximate surface area is 383 Å². The Morgan fingerprint density at radius 3 is 1.60 bits per heavy atom. The van der Waals surface area contributed by atoms with Crippen LogP contribution in [0.1, 0.15) is 10.9 Å². The van der Waals surface area contributed by atoms with Crippen LogP contribution in [0.4, 0.5) is 11.4 Å². The second kappa shape index (κ2) is 16.4. The summed E-state index contributed by atoms with van der Waals surface area (Å²) in [5.41, 5.74) is 7.53. The summed E-state index contributed by atoms with van der Waals surface area (Å²) in [7, 11) is -2.83. The molecule has 7 heteroatoms. The summed E-state index contributed by atoms with van der Waals surface area (Å²) in [6.45, 7) is 0. The molecule has 0 N–H and O–H groups in total. The lowest BCUT2D eigenvalue weighted by Crippen LogP contribution is -2.74. The lowest BCUT2D eigenvalue weighted by Gasteiger charge is -2.34. The highest BCUT2D eigenvalue weighted by Gasteiger charge is 2.41. The van der Waals surface area contributed by atoms with Crippen LogP contribution < -0.4 is 25.6 Å². The van der Waals surface area contributed by atoms with Crippen molar-refractivity contribution >= 4 is 73.8 Å². The van der Waals surface area contributed by atoms with Gasteiger partial charge in [-0.2, -0.15) is 9.97 Å². The van der Waals surface area contributed by atoms with Crippen LogP contribution in [-0.4, -0.2) is 27.6 Å². The van der Waals surface area contributed by atoms with Crippen LogP contribution in [0.15, 0.2) is 248 Å². The van der Waals surface area contributed by atoms with E-state index in [1.807, 2.05) is 30.0 Å². The van der Waals surface area contributed by atoms with Crippen LogP contribution in [-0.2, 0) is 0 Å². The number of hydrogen-bond acceptors (Lipinski definition) is 5. The van der Waals surface area contributed by atoms with Gasteiger partial charge < -0.3 is 4.90 Å². The van der Waals surface area contributed by atoms with Crippen LogP contribution in [0.2, 0.25) is 0 Å². The zero-order valence-corrected chi connectivity index (χ0v) is 37.1. The minimum absolute atomic E-state index is 0.0992. The Morgan fingerprint density at radius 1 is 0.400 bits per heavy atom. The minimum atomic E-state index is -2.83. The highest BCUT2D eigenvalue weighted by Crippen LogP contribution is 2.55. The zero-order chi connectivity index (χ0) is 43.2. The third-order valence-electron chi connectivity index (χ3n) is 12.6. The van der Waals surface area contributed by atoms with Gasteiger partial charge in [-0.05, 0) is 62.7 Å². The summed E-state index contributed by atoms with van der Waals surface area (Å²) in [5, 5.41) is 7.55. The summed E-state index contributed by atoms with van der Waals surface area (Å²) in [6.07, 6.45) is 0. The molecule has 9 aromatic carbocycles. The fraction of sp³-hybridized carbons (Fsp3) is 0.0172. The third kappa shape index (κ3) is 6.67. The molecule has 0 fully saturated rings. The van der Waals surface area contributed by atoms with Crippen molar-refractivity contribution in [2.24, 2.45) is 0 Å². The molecule has 65 heavy (non-hydrogen) atoms. The molecule has 1 aliphatic heterocycles. The Bertz CT molecular complexity index is 3380. The summed E-state index contributed by atoms with van der Waals surface area (Å²) in [5.74, 6) is 1.81.